The second-order valence-corrected chi connectivity index (χ2v) is 6.08. The highest BCUT2D eigenvalue weighted by Gasteiger charge is 2.22. The normalized spacial score (nSPS) is 17.2. The van der Waals surface area contributed by atoms with Crippen LogP contribution in [0.25, 0.3) is 0 Å². The molecule has 1 aliphatic rings. The lowest BCUT2D eigenvalue weighted by molar-refractivity contribution is 0.513. The van der Waals surface area contributed by atoms with Crippen molar-refractivity contribution < 1.29 is 4.39 Å². The maximum absolute atomic E-state index is 13.7. The van der Waals surface area contributed by atoms with Crippen LogP contribution >= 0.6 is 15.9 Å². The van der Waals surface area contributed by atoms with Crippen LogP contribution in [0.5, 0.6) is 0 Å². The van der Waals surface area contributed by atoms with E-state index in [9.17, 15) is 4.39 Å². The molecule has 2 nitrogen and oxygen atoms in total. The number of fused-ring (bicyclic) bond motifs is 1. The molecule has 2 aromatic rings. The van der Waals surface area contributed by atoms with Crippen molar-refractivity contribution in [3.8, 4) is 0 Å². The lowest BCUT2D eigenvalue weighted by Crippen LogP contribution is -2.19. The molecule has 0 heterocycles. The number of hydrogen-bond donors (Lipinski definition) is 2. The van der Waals surface area contributed by atoms with Crippen LogP contribution in [0.4, 0.5) is 10.1 Å². The average Bonchev–Trinajstić information content (AvgIpc) is 2.82. The van der Waals surface area contributed by atoms with Crippen molar-refractivity contribution in [2.24, 2.45) is 0 Å². The Bertz CT molecular complexity index is 642. The second-order valence-electron chi connectivity index (χ2n) is 5.17. The Morgan fingerprint density at radius 2 is 2.10 bits per heavy atom. The van der Waals surface area contributed by atoms with Gasteiger partial charge in [0, 0.05) is 28.3 Å². The largest absolute Gasteiger partial charge is 0.399 e. The van der Waals surface area contributed by atoms with E-state index in [1.807, 2.05) is 18.2 Å². The van der Waals surface area contributed by atoms with Gasteiger partial charge in [-0.3, -0.25) is 0 Å². The molecule has 20 heavy (non-hydrogen) atoms. The van der Waals surface area contributed by atoms with Crippen LogP contribution in [-0.4, -0.2) is 0 Å². The van der Waals surface area contributed by atoms with Gasteiger partial charge >= 0.3 is 0 Å². The Hall–Kier alpha value is -1.39. The Morgan fingerprint density at radius 1 is 1.25 bits per heavy atom. The van der Waals surface area contributed by atoms with Gasteiger partial charge in [0.05, 0.1) is 0 Å². The van der Waals surface area contributed by atoms with Crippen LogP contribution in [0.3, 0.4) is 0 Å². The van der Waals surface area contributed by atoms with E-state index in [0.29, 0.717) is 12.1 Å². The van der Waals surface area contributed by atoms with Crippen LogP contribution in [0.2, 0.25) is 0 Å². The van der Waals surface area contributed by atoms with Crippen LogP contribution in [0.15, 0.2) is 40.9 Å². The summed E-state index contributed by atoms with van der Waals surface area (Å²) < 4.78 is 14.6. The van der Waals surface area contributed by atoms with E-state index in [2.05, 4.69) is 27.3 Å². The lowest BCUT2D eigenvalue weighted by Gasteiger charge is -2.15. The number of anilines is 1. The molecule has 1 aliphatic carbocycles. The monoisotopic (exact) mass is 334 g/mol. The third-order valence-corrected chi connectivity index (χ3v) is 4.28. The van der Waals surface area contributed by atoms with Crippen molar-refractivity contribution in [1.82, 2.24) is 5.32 Å². The molecule has 1 unspecified atom stereocenters. The first-order valence-corrected chi connectivity index (χ1v) is 7.48. The summed E-state index contributed by atoms with van der Waals surface area (Å²) in [5.74, 6) is -0.170. The first-order valence-electron chi connectivity index (χ1n) is 6.69. The summed E-state index contributed by atoms with van der Waals surface area (Å²) in [5.41, 5.74) is 9.88. The van der Waals surface area contributed by atoms with Gasteiger partial charge in [-0.2, -0.15) is 0 Å². The maximum atomic E-state index is 13.7. The number of nitrogen functional groups attached to an aromatic ring is 1. The van der Waals surface area contributed by atoms with E-state index in [-0.39, 0.29) is 11.9 Å². The third-order valence-electron chi connectivity index (χ3n) is 3.79. The highest BCUT2D eigenvalue weighted by Crippen LogP contribution is 2.32. The van der Waals surface area contributed by atoms with E-state index in [0.717, 1.165) is 23.0 Å². The number of aryl methyl sites for hydroxylation is 1. The summed E-state index contributed by atoms with van der Waals surface area (Å²) in [4.78, 5) is 0. The number of rotatable bonds is 3. The Kier molecular flexibility index (Phi) is 3.76. The molecular weight excluding hydrogens is 319 g/mol. The van der Waals surface area contributed by atoms with E-state index >= 15 is 0 Å². The van der Waals surface area contributed by atoms with Gasteiger partial charge in [-0.25, -0.2) is 4.39 Å². The standard InChI is InChI=1S/C16H16BrFN2/c17-12-2-5-15(18)11(7-12)9-20-16-6-1-10-8-13(19)3-4-14(10)16/h2-5,7-8,16,20H,1,6,9,19H2. The summed E-state index contributed by atoms with van der Waals surface area (Å²) in [6.45, 7) is 0.528. The number of nitrogens with one attached hydrogen (secondary N) is 1. The molecular formula is C16H16BrFN2. The zero-order valence-corrected chi connectivity index (χ0v) is 12.6. The molecule has 0 saturated heterocycles. The average molecular weight is 335 g/mol. The highest BCUT2D eigenvalue weighted by atomic mass is 79.9. The van der Waals surface area contributed by atoms with Crippen molar-refractivity contribution in [3.63, 3.8) is 0 Å². The van der Waals surface area contributed by atoms with Crippen molar-refractivity contribution >= 4 is 21.6 Å². The molecule has 0 aromatic heterocycles. The fourth-order valence-electron chi connectivity index (χ4n) is 2.76. The summed E-state index contributed by atoms with van der Waals surface area (Å²) in [6.07, 6.45) is 2.06. The highest BCUT2D eigenvalue weighted by molar-refractivity contribution is 9.10. The summed E-state index contributed by atoms with van der Waals surface area (Å²) in [7, 11) is 0. The SMILES string of the molecule is Nc1ccc2c(c1)CCC2NCc1cc(Br)ccc1F. The topological polar surface area (TPSA) is 38.0 Å². The molecule has 0 spiro atoms. The van der Waals surface area contributed by atoms with Gasteiger partial charge in [0.25, 0.3) is 0 Å². The fourth-order valence-corrected chi connectivity index (χ4v) is 3.17. The van der Waals surface area contributed by atoms with Crippen molar-refractivity contribution in [1.29, 1.82) is 0 Å². The van der Waals surface area contributed by atoms with Gasteiger partial charge < -0.3 is 11.1 Å². The Morgan fingerprint density at radius 3 is 2.95 bits per heavy atom. The molecule has 104 valence electrons. The molecule has 4 heteroatoms. The van der Waals surface area contributed by atoms with Crippen LogP contribution < -0.4 is 11.1 Å². The first kappa shape index (κ1) is 13.6. The molecule has 3 N–H and O–H groups in total. The van der Waals surface area contributed by atoms with Crippen molar-refractivity contribution in [2.75, 3.05) is 5.73 Å². The number of hydrogen-bond acceptors (Lipinski definition) is 2. The quantitative estimate of drug-likeness (QED) is 0.834. The van der Waals surface area contributed by atoms with E-state index in [1.54, 1.807) is 6.07 Å². The number of halogens is 2. The predicted molar refractivity (Wildman–Crippen MR) is 82.9 cm³/mol. The van der Waals surface area contributed by atoms with E-state index < -0.39 is 0 Å². The number of nitrogens with two attached hydrogens (primary N) is 1. The molecule has 0 fully saturated rings. The zero-order valence-electron chi connectivity index (χ0n) is 11.0. The smallest absolute Gasteiger partial charge is 0.127 e. The van der Waals surface area contributed by atoms with Crippen LogP contribution in [-0.2, 0) is 13.0 Å². The summed E-state index contributed by atoms with van der Waals surface area (Å²) in [5, 5.41) is 3.44. The minimum absolute atomic E-state index is 0.170. The van der Waals surface area contributed by atoms with Crippen LogP contribution in [0, 0.1) is 5.82 Å². The first-order chi connectivity index (χ1) is 9.63. The molecule has 0 saturated carbocycles. The molecule has 2 aromatic carbocycles. The fraction of sp³-hybridized carbons (Fsp3) is 0.250. The zero-order chi connectivity index (χ0) is 14.1. The Labute approximate surface area is 126 Å². The van der Waals surface area contributed by atoms with Crippen molar-refractivity contribution in [3.05, 3.63) is 63.4 Å². The van der Waals surface area contributed by atoms with Gasteiger partial charge in [-0.15, -0.1) is 0 Å². The second kappa shape index (κ2) is 5.54. The van der Waals surface area contributed by atoms with Gasteiger partial charge in [-0.05, 0) is 54.3 Å². The number of benzene rings is 2. The van der Waals surface area contributed by atoms with E-state index in [1.165, 1.54) is 17.2 Å². The summed E-state index contributed by atoms with van der Waals surface area (Å²) >= 11 is 3.38. The molecule has 1 atom stereocenters. The summed E-state index contributed by atoms with van der Waals surface area (Å²) in [6, 6.07) is 11.4. The minimum Gasteiger partial charge on any atom is -0.399 e. The van der Waals surface area contributed by atoms with Gasteiger partial charge in [-0.1, -0.05) is 22.0 Å². The third kappa shape index (κ3) is 2.72. The lowest BCUT2D eigenvalue weighted by atomic mass is 10.1. The Balaban J connectivity index is 1.73. The van der Waals surface area contributed by atoms with Crippen LogP contribution in [0.1, 0.15) is 29.2 Å². The maximum Gasteiger partial charge on any atom is 0.127 e. The molecule has 0 amide bonds. The minimum atomic E-state index is -0.170. The molecule has 0 aliphatic heterocycles. The van der Waals surface area contributed by atoms with Gasteiger partial charge in [0.15, 0.2) is 0 Å². The molecule has 0 radical (unpaired) electrons. The molecule has 3 rings (SSSR count). The van der Waals surface area contributed by atoms with Crippen molar-refractivity contribution in [2.45, 2.75) is 25.4 Å². The van der Waals surface area contributed by atoms with Gasteiger partial charge in [0.2, 0.25) is 0 Å². The van der Waals surface area contributed by atoms with E-state index in [4.69, 9.17) is 5.73 Å². The predicted octanol–water partition coefficient (Wildman–Crippen LogP) is 3.95. The molecule has 0 bridgehead atoms. The van der Waals surface area contributed by atoms with Gasteiger partial charge in [0.1, 0.15) is 5.82 Å².